The van der Waals surface area contributed by atoms with E-state index in [1.807, 2.05) is 12.1 Å². The second kappa shape index (κ2) is 8.37. The highest BCUT2D eigenvalue weighted by Crippen LogP contribution is 2.33. The van der Waals surface area contributed by atoms with Gasteiger partial charge >= 0.3 is 0 Å². The monoisotopic (exact) mass is 318 g/mol. The van der Waals surface area contributed by atoms with E-state index in [4.69, 9.17) is 10.5 Å². The Kier molecular flexibility index (Phi) is 6.48. The molecule has 23 heavy (non-hydrogen) atoms. The van der Waals surface area contributed by atoms with Gasteiger partial charge in [0, 0.05) is 25.2 Å². The van der Waals surface area contributed by atoms with Gasteiger partial charge in [-0.2, -0.15) is 0 Å². The van der Waals surface area contributed by atoms with E-state index in [2.05, 4.69) is 31.7 Å². The average Bonchev–Trinajstić information content (AvgIpc) is 2.54. The Hall–Kier alpha value is -1.52. The molecule has 0 saturated carbocycles. The standard InChI is InChI=1S/C19H30N2O2/c1-4-5-8-23-19-17-9-15(13-22)6-7-16(17)12-21(11-14(2)3)18(19)10-20/h6-7,9,14,22H,4-5,8,10-13,20H2,1-3H3. The van der Waals surface area contributed by atoms with Crippen LogP contribution in [0.15, 0.2) is 23.9 Å². The van der Waals surface area contributed by atoms with Crippen LogP contribution in [-0.4, -0.2) is 29.7 Å². The Morgan fingerprint density at radius 2 is 2.13 bits per heavy atom. The van der Waals surface area contributed by atoms with Gasteiger partial charge in [-0.15, -0.1) is 0 Å². The zero-order valence-corrected chi connectivity index (χ0v) is 14.6. The van der Waals surface area contributed by atoms with Crippen molar-refractivity contribution in [1.29, 1.82) is 0 Å². The molecule has 1 aromatic carbocycles. The number of unbranched alkanes of at least 4 members (excludes halogenated alkanes) is 1. The van der Waals surface area contributed by atoms with E-state index < -0.39 is 0 Å². The Morgan fingerprint density at radius 1 is 1.35 bits per heavy atom. The van der Waals surface area contributed by atoms with E-state index in [-0.39, 0.29) is 6.61 Å². The van der Waals surface area contributed by atoms with Crippen LogP contribution in [-0.2, 0) is 17.9 Å². The maximum Gasteiger partial charge on any atom is 0.147 e. The van der Waals surface area contributed by atoms with E-state index in [0.717, 1.165) is 48.5 Å². The minimum absolute atomic E-state index is 0.0448. The van der Waals surface area contributed by atoms with Crippen molar-refractivity contribution in [3.63, 3.8) is 0 Å². The third kappa shape index (κ3) is 4.27. The summed E-state index contributed by atoms with van der Waals surface area (Å²) in [6, 6.07) is 6.13. The molecule has 4 heteroatoms. The van der Waals surface area contributed by atoms with Gasteiger partial charge in [0.25, 0.3) is 0 Å². The Labute approximate surface area is 139 Å². The molecule has 0 aromatic heterocycles. The Bertz CT molecular complexity index is 552. The van der Waals surface area contributed by atoms with Crippen molar-refractivity contribution in [2.45, 2.75) is 46.8 Å². The topological polar surface area (TPSA) is 58.7 Å². The van der Waals surface area contributed by atoms with Gasteiger partial charge in [0.1, 0.15) is 5.76 Å². The highest BCUT2D eigenvalue weighted by molar-refractivity contribution is 5.68. The molecule has 1 aliphatic heterocycles. The number of aliphatic hydroxyl groups is 1. The number of nitrogens with zero attached hydrogens (tertiary/aromatic N) is 1. The summed E-state index contributed by atoms with van der Waals surface area (Å²) in [7, 11) is 0. The lowest BCUT2D eigenvalue weighted by Crippen LogP contribution is -2.35. The quantitative estimate of drug-likeness (QED) is 0.723. The first-order valence-corrected chi connectivity index (χ1v) is 8.64. The van der Waals surface area contributed by atoms with Gasteiger partial charge < -0.3 is 20.5 Å². The lowest BCUT2D eigenvalue weighted by molar-refractivity contribution is 0.232. The molecule has 3 N–H and O–H groups in total. The molecule has 4 nitrogen and oxygen atoms in total. The minimum Gasteiger partial charge on any atom is -0.491 e. The molecule has 1 aliphatic rings. The molecule has 1 heterocycles. The van der Waals surface area contributed by atoms with Crippen molar-refractivity contribution in [3.05, 3.63) is 40.6 Å². The van der Waals surface area contributed by atoms with Crippen LogP contribution in [0.2, 0.25) is 0 Å². The van der Waals surface area contributed by atoms with Crippen LogP contribution in [0.25, 0.3) is 5.76 Å². The first-order chi connectivity index (χ1) is 11.1. The second-order valence-electron chi connectivity index (χ2n) is 6.61. The molecule has 2 rings (SSSR count). The molecule has 128 valence electrons. The van der Waals surface area contributed by atoms with E-state index in [9.17, 15) is 5.11 Å². The van der Waals surface area contributed by atoms with Crippen molar-refractivity contribution in [2.75, 3.05) is 19.7 Å². The molecule has 0 atom stereocenters. The lowest BCUT2D eigenvalue weighted by atomic mass is 9.96. The molecule has 0 radical (unpaired) electrons. The van der Waals surface area contributed by atoms with E-state index in [1.165, 1.54) is 5.56 Å². The number of hydrogen-bond acceptors (Lipinski definition) is 4. The summed E-state index contributed by atoms with van der Waals surface area (Å²) in [4.78, 5) is 2.34. The van der Waals surface area contributed by atoms with Gasteiger partial charge in [-0.25, -0.2) is 0 Å². The largest absolute Gasteiger partial charge is 0.491 e. The van der Waals surface area contributed by atoms with Gasteiger partial charge in [-0.3, -0.25) is 0 Å². The molecular formula is C19H30N2O2. The van der Waals surface area contributed by atoms with Gasteiger partial charge in [0.2, 0.25) is 0 Å². The van der Waals surface area contributed by atoms with Crippen molar-refractivity contribution in [3.8, 4) is 0 Å². The summed E-state index contributed by atoms with van der Waals surface area (Å²) in [5, 5.41) is 9.44. The van der Waals surface area contributed by atoms with Crippen molar-refractivity contribution in [1.82, 2.24) is 4.90 Å². The predicted molar refractivity (Wildman–Crippen MR) is 94.4 cm³/mol. The molecule has 0 fully saturated rings. The highest BCUT2D eigenvalue weighted by Gasteiger charge is 2.26. The fourth-order valence-electron chi connectivity index (χ4n) is 2.99. The fraction of sp³-hybridized carbons (Fsp3) is 0.579. The zero-order valence-electron chi connectivity index (χ0n) is 14.6. The number of aliphatic hydroxyl groups excluding tert-OH is 1. The van der Waals surface area contributed by atoms with Gasteiger partial charge in [-0.1, -0.05) is 39.3 Å². The van der Waals surface area contributed by atoms with Crippen LogP contribution in [0.3, 0.4) is 0 Å². The molecule has 0 aliphatic carbocycles. The van der Waals surface area contributed by atoms with Gasteiger partial charge in [0.05, 0.1) is 18.9 Å². The molecule has 1 aromatic rings. The van der Waals surface area contributed by atoms with Gasteiger partial charge in [0.15, 0.2) is 0 Å². The second-order valence-corrected chi connectivity index (χ2v) is 6.61. The van der Waals surface area contributed by atoms with Crippen molar-refractivity contribution in [2.24, 2.45) is 11.7 Å². The van der Waals surface area contributed by atoms with Crippen LogP contribution >= 0.6 is 0 Å². The van der Waals surface area contributed by atoms with Crippen molar-refractivity contribution < 1.29 is 9.84 Å². The Balaban J connectivity index is 2.42. The molecule has 0 unspecified atom stereocenters. The zero-order chi connectivity index (χ0) is 16.8. The number of ether oxygens (including phenoxy) is 1. The van der Waals surface area contributed by atoms with E-state index >= 15 is 0 Å². The summed E-state index contributed by atoms with van der Waals surface area (Å²) < 4.78 is 6.14. The lowest BCUT2D eigenvalue weighted by Gasteiger charge is -2.35. The molecular weight excluding hydrogens is 288 g/mol. The molecule has 0 saturated heterocycles. The number of rotatable bonds is 8. The summed E-state index contributed by atoms with van der Waals surface area (Å²) in [5.74, 6) is 1.46. The minimum atomic E-state index is 0.0448. The van der Waals surface area contributed by atoms with Crippen LogP contribution < -0.4 is 5.73 Å². The number of benzene rings is 1. The first-order valence-electron chi connectivity index (χ1n) is 8.64. The summed E-state index contributed by atoms with van der Waals surface area (Å²) in [6.45, 7) is 9.63. The molecule has 0 amide bonds. The van der Waals surface area contributed by atoms with Crippen LogP contribution in [0.1, 0.15) is 50.3 Å². The smallest absolute Gasteiger partial charge is 0.147 e. The van der Waals surface area contributed by atoms with Crippen LogP contribution in [0.4, 0.5) is 0 Å². The number of hydrogen-bond donors (Lipinski definition) is 2. The van der Waals surface area contributed by atoms with Crippen LogP contribution in [0.5, 0.6) is 0 Å². The SMILES string of the molecule is CCCCOC1=C(CN)N(CC(C)C)Cc2ccc(CO)cc21. The third-order valence-corrected chi connectivity index (χ3v) is 4.13. The average molecular weight is 318 g/mol. The summed E-state index contributed by atoms with van der Waals surface area (Å²) in [5.41, 5.74) is 10.4. The third-order valence-electron chi connectivity index (χ3n) is 4.13. The summed E-state index contributed by atoms with van der Waals surface area (Å²) >= 11 is 0. The van der Waals surface area contributed by atoms with E-state index in [0.29, 0.717) is 19.1 Å². The van der Waals surface area contributed by atoms with Crippen molar-refractivity contribution >= 4 is 5.76 Å². The predicted octanol–water partition coefficient (Wildman–Crippen LogP) is 3.09. The summed E-state index contributed by atoms with van der Waals surface area (Å²) in [6.07, 6.45) is 2.13. The van der Waals surface area contributed by atoms with E-state index in [1.54, 1.807) is 0 Å². The fourth-order valence-corrected chi connectivity index (χ4v) is 2.99. The maximum atomic E-state index is 9.44. The number of nitrogens with two attached hydrogens (primary N) is 1. The molecule has 0 spiro atoms. The normalized spacial score (nSPS) is 14.4. The highest BCUT2D eigenvalue weighted by atomic mass is 16.5. The first kappa shape index (κ1) is 17.8. The molecule has 0 bridgehead atoms. The Morgan fingerprint density at radius 3 is 2.74 bits per heavy atom. The maximum absolute atomic E-state index is 9.44. The van der Waals surface area contributed by atoms with Gasteiger partial charge in [-0.05, 0) is 29.5 Å². The number of fused-ring (bicyclic) bond motifs is 1. The van der Waals surface area contributed by atoms with Crippen LogP contribution in [0, 0.1) is 5.92 Å².